The number of nitrogens with one attached hydrogen (secondary N) is 1. The summed E-state index contributed by atoms with van der Waals surface area (Å²) >= 11 is 0. The Hall–Kier alpha value is -3.09. The molecule has 2 aliphatic heterocycles. The molecule has 7 heteroatoms. The molecule has 2 aliphatic rings. The molecule has 1 aromatic heterocycles. The third-order valence-electron chi connectivity index (χ3n) is 5.02. The smallest absolute Gasteiger partial charge is 0.289 e. The summed E-state index contributed by atoms with van der Waals surface area (Å²) in [5, 5.41) is 2.80. The van der Waals surface area contributed by atoms with Gasteiger partial charge in [-0.15, -0.1) is 0 Å². The van der Waals surface area contributed by atoms with Crippen molar-refractivity contribution in [2.75, 3.05) is 31.5 Å². The lowest BCUT2D eigenvalue weighted by molar-refractivity contribution is -0.130. The summed E-state index contributed by atoms with van der Waals surface area (Å²) < 4.78 is 5.19. The first-order chi connectivity index (χ1) is 13.1. The molecule has 140 valence electrons. The van der Waals surface area contributed by atoms with Crippen LogP contribution in [0.3, 0.4) is 0 Å². The molecule has 4 rings (SSSR count). The number of carbonyl (C=O) groups excluding carboxylic acids is 3. The fourth-order valence-electron chi connectivity index (χ4n) is 3.61. The van der Waals surface area contributed by atoms with Crippen LogP contribution in [0, 0.1) is 0 Å². The second-order valence-electron chi connectivity index (χ2n) is 6.90. The summed E-state index contributed by atoms with van der Waals surface area (Å²) in [6.45, 7) is 2.24. The third kappa shape index (κ3) is 3.72. The van der Waals surface area contributed by atoms with Gasteiger partial charge in [-0.25, -0.2) is 0 Å². The van der Waals surface area contributed by atoms with Gasteiger partial charge in [0.2, 0.25) is 11.8 Å². The Morgan fingerprint density at radius 1 is 1.07 bits per heavy atom. The highest BCUT2D eigenvalue weighted by molar-refractivity contribution is 5.99. The topological polar surface area (TPSA) is 82.9 Å². The zero-order chi connectivity index (χ0) is 18.8. The van der Waals surface area contributed by atoms with Gasteiger partial charge >= 0.3 is 0 Å². The molecule has 0 unspecified atom stereocenters. The summed E-state index contributed by atoms with van der Waals surface area (Å²) in [6.07, 6.45) is 2.89. The highest BCUT2D eigenvalue weighted by Gasteiger charge is 2.24. The van der Waals surface area contributed by atoms with Gasteiger partial charge in [-0.1, -0.05) is 12.1 Å². The molecule has 0 bridgehead atoms. The van der Waals surface area contributed by atoms with Crippen LogP contribution in [-0.2, 0) is 22.4 Å². The number of rotatable bonds is 3. The minimum absolute atomic E-state index is 0.0117. The maximum absolute atomic E-state index is 12.7. The number of hydrogen-bond acceptors (Lipinski definition) is 4. The number of amides is 3. The van der Waals surface area contributed by atoms with Gasteiger partial charge in [0.1, 0.15) is 0 Å². The van der Waals surface area contributed by atoms with Crippen LogP contribution >= 0.6 is 0 Å². The van der Waals surface area contributed by atoms with Gasteiger partial charge < -0.3 is 19.5 Å². The minimum Gasteiger partial charge on any atom is -0.459 e. The Bertz CT molecular complexity index is 875. The van der Waals surface area contributed by atoms with Crippen molar-refractivity contribution in [3.63, 3.8) is 0 Å². The van der Waals surface area contributed by atoms with Crippen molar-refractivity contribution in [2.24, 2.45) is 0 Å². The Labute approximate surface area is 156 Å². The molecule has 0 radical (unpaired) electrons. The molecule has 1 N–H and O–H groups in total. The molecule has 0 saturated carbocycles. The molecular weight excluding hydrogens is 346 g/mol. The van der Waals surface area contributed by atoms with Crippen LogP contribution in [0.4, 0.5) is 5.69 Å². The first kappa shape index (κ1) is 17.3. The van der Waals surface area contributed by atoms with E-state index in [1.54, 1.807) is 17.0 Å². The van der Waals surface area contributed by atoms with Crippen molar-refractivity contribution in [3.8, 4) is 0 Å². The second kappa shape index (κ2) is 7.26. The molecule has 27 heavy (non-hydrogen) atoms. The van der Waals surface area contributed by atoms with Crippen LogP contribution in [0.5, 0.6) is 0 Å². The number of furan rings is 1. The zero-order valence-corrected chi connectivity index (χ0v) is 14.9. The van der Waals surface area contributed by atoms with E-state index in [0.717, 1.165) is 23.2 Å². The largest absolute Gasteiger partial charge is 0.459 e. The number of hydrogen-bond donors (Lipinski definition) is 1. The molecule has 1 fully saturated rings. The summed E-state index contributed by atoms with van der Waals surface area (Å²) in [5.74, 6) is 0.225. The Morgan fingerprint density at radius 3 is 2.70 bits per heavy atom. The standard InChI is InChI=1S/C20H21N3O4/c24-18-13-15-11-14(4-5-16(15)21-18)12-19(25)22-6-2-7-23(9-8-22)20(26)17-3-1-10-27-17/h1,3-5,10-11H,2,6-9,12-13H2,(H,21,24). The zero-order valence-electron chi connectivity index (χ0n) is 14.9. The number of anilines is 1. The maximum atomic E-state index is 12.7. The van der Waals surface area contributed by atoms with Crippen molar-refractivity contribution < 1.29 is 18.8 Å². The average molecular weight is 367 g/mol. The fourth-order valence-corrected chi connectivity index (χ4v) is 3.61. The Kier molecular flexibility index (Phi) is 4.66. The molecule has 3 heterocycles. The van der Waals surface area contributed by atoms with E-state index in [9.17, 15) is 14.4 Å². The lowest BCUT2D eigenvalue weighted by Gasteiger charge is -2.22. The molecule has 3 amide bonds. The maximum Gasteiger partial charge on any atom is 0.289 e. The van der Waals surface area contributed by atoms with Crippen molar-refractivity contribution in [3.05, 3.63) is 53.5 Å². The van der Waals surface area contributed by atoms with Gasteiger partial charge in [0.15, 0.2) is 5.76 Å². The molecule has 0 spiro atoms. The highest BCUT2D eigenvalue weighted by atomic mass is 16.3. The summed E-state index contributed by atoms with van der Waals surface area (Å²) in [4.78, 5) is 40.1. The van der Waals surface area contributed by atoms with Crippen LogP contribution in [0.15, 0.2) is 41.0 Å². The second-order valence-corrected chi connectivity index (χ2v) is 6.90. The van der Waals surface area contributed by atoms with Gasteiger partial charge in [0.25, 0.3) is 5.91 Å². The van der Waals surface area contributed by atoms with Crippen LogP contribution in [0.25, 0.3) is 0 Å². The van der Waals surface area contributed by atoms with Crippen LogP contribution < -0.4 is 5.32 Å². The van der Waals surface area contributed by atoms with Crippen LogP contribution in [0.1, 0.15) is 28.1 Å². The van der Waals surface area contributed by atoms with E-state index in [1.165, 1.54) is 6.26 Å². The van der Waals surface area contributed by atoms with E-state index in [4.69, 9.17) is 4.42 Å². The minimum atomic E-state index is -0.134. The van der Waals surface area contributed by atoms with Crippen LogP contribution in [-0.4, -0.2) is 53.7 Å². The Balaban J connectivity index is 1.36. The van der Waals surface area contributed by atoms with Gasteiger partial charge in [-0.2, -0.15) is 0 Å². The summed E-state index contributed by atoms with van der Waals surface area (Å²) in [7, 11) is 0. The van der Waals surface area contributed by atoms with Gasteiger partial charge in [-0.05, 0) is 35.7 Å². The molecule has 2 aromatic rings. The first-order valence-electron chi connectivity index (χ1n) is 9.12. The summed E-state index contributed by atoms with van der Waals surface area (Å²) in [5.41, 5.74) is 2.68. The SMILES string of the molecule is O=C1Cc2cc(CC(=O)N3CCCN(C(=O)c4ccco4)CC3)ccc2N1. The van der Waals surface area contributed by atoms with Gasteiger partial charge in [0.05, 0.1) is 19.1 Å². The number of benzene rings is 1. The Morgan fingerprint density at radius 2 is 1.89 bits per heavy atom. The predicted octanol–water partition coefficient (Wildman–Crippen LogP) is 1.69. The first-order valence-corrected chi connectivity index (χ1v) is 9.12. The van der Waals surface area contributed by atoms with E-state index in [2.05, 4.69) is 5.32 Å². The number of nitrogens with zero attached hydrogens (tertiary/aromatic N) is 2. The number of fused-ring (bicyclic) bond motifs is 1. The lowest BCUT2D eigenvalue weighted by Crippen LogP contribution is -2.37. The van der Waals surface area contributed by atoms with Crippen LogP contribution in [0.2, 0.25) is 0 Å². The van der Waals surface area contributed by atoms with E-state index < -0.39 is 0 Å². The molecule has 1 saturated heterocycles. The van der Waals surface area contributed by atoms with E-state index in [-0.39, 0.29) is 17.7 Å². The van der Waals surface area contributed by atoms with E-state index in [1.807, 2.05) is 23.1 Å². The average Bonchev–Trinajstić information content (AvgIpc) is 3.23. The third-order valence-corrected chi connectivity index (χ3v) is 5.02. The van der Waals surface area contributed by atoms with Crippen molar-refractivity contribution in [1.82, 2.24) is 9.80 Å². The van der Waals surface area contributed by atoms with Crippen molar-refractivity contribution in [2.45, 2.75) is 19.3 Å². The van der Waals surface area contributed by atoms with Gasteiger partial charge in [-0.3, -0.25) is 14.4 Å². The van der Waals surface area contributed by atoms with Crippen molar-refractivity contribution >= 4 is 23.4 Å². The highest BCUT2D eigenvalue weighted by Crippen LogP contribution is 2.24. The van der Waals surface area contributed by atoms with E-state index >= 15 is 0 Å². The normalized spacial score (nSPS) is 16.7. The summed E-state index contributed by atoms with van der Waals surface area (Å²) in [6, 6.07) is 9.02. The molecule has 7 nitrogen and oxygen atoms in total. The molecule has 0 aliphatic carbocycles. The quantitative estimate of drug-likeness (QED) is 0.895. The van der Waals surface area contributed by atoms with E-state index in [0.29, 0.717) is 44.8 Å². The predicted molar refractivity (Wildman–Crippen MR) is 98.3 cm³/mol. The monoisotopic (exact) mass is 367 g/mol. The molecule has 0 atom stereocenters. The molecular formula is C20H21N3O4. The number of carbonyl (C=O) groups is 3. The molecule has 1 aromatic carbocycles. The fraction of sp³-hybridized carbons (Fsp3) is 0.350. The van der Waals surface area contributed by atoms with Gasteiger partial charge in [0, 0.05) is 31.9 Å². The van der Waals surface area contributed by atoms with Crippen molar-refractivity contribution in [1.29, 1.82) is 0 Å². The lowest BCUT2D eigenvalue weighted by atomic mass is 10.1.